The quantitative estimate of drug-likeness (QED) is 0.704. The third-order valence-corrected chi connectivity index (χ3v) is 2.97. The van der Waals surface area contributed by atoms with E-state index in [4.69, 9.17) is 11.5 Å². The van der Waals surface area contributed by atoms with Gasteiger partial charge >= 0.3 is 0 Å². The van der Waals surface area contributed by atoms with E-state index in [2.05, 4.69) is 10.00 Å². The highest BCUT2D eigenvalue weighted by molar-refractivity contribution is 5.77. The lowest BCUT2D eigenvalue weighted by Crippen LogP contribution is -2.29. The summed E-state index contributed by atoms with van der Waals surface area (Å²) in [7, 11) is 0. The number of carbonyl (C=O) groups excluding carboxylic acids is 1. The van der Waals surface area contributed by atoms with Gasteiger partial charge in [-0.3, -0.25) is 9.48 Å². The van der Waals surface area contributed by atoms with E-state index in [0.717, 1.165) is 32.6 Å². The number of primary amides is 1. The molecule has 0 aliphatic carbocycles. The van der Waals surface area contributed by atoms with Crippen molar-refractivity contribution in [2.24, 2.45) is 11.7 Å². The molecule has 1 aliphatic heterocycles. The summed E-state index contributed by atoms with van der Waals surface area (Å²) in [5.41, 5.74) is 11.5. The lowest BCUT2D eigenvalue weighted by Gasteiger charge is -2.14. The summed E-state index contributed by atoms with van der Waals surface area (Å²) in [6.45, 7) is 3.38. The summed E-state index contributed by atoms with van der Waals surface area (Å²) in [6.07, 6.45) is 4.31. The van der Waals surface area contributed by atoms with Crippen LogP contribution in [0.5, 0.6) is 0 Å². The van der Waals surface area contributed by atoms with Crippen molar-refractivity contribution in [3.05, 3.63) is 12.4 Å². The molecule has 16 heavy (non-hydrogen) atoms. The Labute approximate surface area is 94.2 Å². The molecule has 4 N–H and O–H groups in total. The number of likely N-dealkylation sites (tertiary alicyclic amines) is 1. The molecule has 2 rings (SSSR count). The van der Waals surface area contributed by atoms with Crippen molar-refractivity contribution in [3.63, 3.8) is 0 Å². The Hall–Kier alpha value is -1.56. The van der Waals surface area contributed by atoms with Crippen molar-refractivity contribution in [1.82, 2.24) is 14.7 Å². The van der Waals surface area contributed by atoms with Crippen molar-refractivity contribution in [1.29, 1.82) is 0 Å². The summed E-state index contributed by atoms with van der Waals surface area (Å²) in [6, 6.07) is 0. The van der Waals surface area contributed by atoms with Crippen LogP contribution in [-0.2, 0) is 11.3 Å². The zero-order valence-electron chi connectivity index (χ0n) is 9.17. The predicted octanol–water partition coefficient (Wildman–Crippen LogP) is -0.727. The number of carbonyl (C=O) groups is 1. The van der Waals surface area contributed by atoms with Gasteiger partial charge in [0, 0.05) is 19.3 Å². The Morgan fingerprint density at radius 2 is 2.38 bits per heavy atom. The third-order valence-electron chi connectivity index (χ3n) is 2.97. The molecule has 0 radical (unpaired) electrons. The van der Waals surface area contributed by atoms with Crippen molar-refractivity contribution < 1.29 is 4.79 Å². The second-order valence-electron chi connectivity index (χ2n) is 4.23. The fourth-order valence-corrected chi connectivity index (χ4v) is 2.01. The van der Waals surface area contributed by atoms with E-state index in [0.29, 0.717) is 5.69 Å². The maximum Gasteiger partial charge on any atom is 0.221 e. The fourth-order valence-electron chi connectivity index (χ4n) is 2.01. The standard InChI is InChI=1S/C10H17N5O/c11-9-5-13-15(7-9)4-3-14-2-1-8(6-14)10(12)16/h5,7-8H,1-4,6,11H2,(H2,12,16). The maximum atomic E-state index is 11.0. The lowest BCUT2D eigenvalue weighted by atomic mass is 10.1. The first-order valence-electron chi connectivity index (χ1n) is 5.45. The van der Waals surface area contributed by atoms with Gasteiger partial charge in [0.2, 0.25) is 5.91 Å². The summed E-state index contributed by atoms with van der Waals surface area (Å²) in [4.78, 5) is 13.2. The van der Waals surface area contributed by atoms with Crippen molar-refractivity contribution in [2.45, 2.75) is 13.0 Å². The zero-order chi connectivity index (χ0) is 11.5. The Morgan fingerprint density at radius 1 is 1.56 bits per heavy atom. The number of aromatic nitrogens is 2. The van der Waals surface area contributed by atoms with E-state index in [1.165, 1.54) is 0 Å². The van der Waals surface area contributed by atoms with Crippen LogP contribution in [0.4, 0.5) is 5.69 Å². The van der Waals surface area contributed by atoms with Crippen molar-refractivity contribution in [2.75, 3.05) is 25.4 Å². The van der Waals surface area contributed by atoms with E-state index >= 15 is 0 Å². The molecule has 1 unspecified atom stereocenters. The van der Waals surface area contributed by atoms with E-state index in [1.54, 1.807) is 6.20 Å². The third kappa shape index (κ3) is 2.52. The first-order valence-corrected chi connectivity index (χ1v) is 5.45. The number of hydrogen-bond donors (Lipinski definition) is 2. The molecule has 1 atom stereocenters. The molecule has 1 fully saturated rings. The summed E-state index contributed by atoms with van der Waals surface area (Å²) < 4.78 is 1.81. The van der Waals surface area contributed by atoms with Crippen LogP contribution in [0.15, 0.2) is 12.4 Å². The summed E-state index contributed by atoms with van der Waals surface area (Å²) in [5, 5.41) is 4.10. The van der Waals surface area contributed by atoms with Gasteiger partial charge in [0.15, 0.2) is 0 Å². The fraction of sp³-hybridized carbons (Fsp3) is 0.600. The van der Waals surface area contributed by atoms with E-state index in [-0.39, 0.29) is 11.8 Å². The van der Waals surface area contributed by atoms with Gasteiger partial charge in [-0.25, -0.2) is 0 Å². The Balaban J connectivity index is 1.77. The molecule has 1 aliphatic rings. The Morgan fingerprint density at radius 3 is 2.94 bits per heavy atom. The van der Waals surface area contributed by atoms with Crippen molar-refractivity contribution >= 4 is 11.6 Å². The topological polar surface area (TPSA) is 90.2 Å². The number of rotatable bonds is 4. The first-order chi connectivity index (χ1) is 7.65. The molecule has 6 nitrogen and oxygen atoms in total. The highest BCUT2D eigenvalue weighted by Crippen LogP contribution is 2.15. The second kappa shape index (κ2) is 4.52. The minimum Gasteiger partial charge on any atom is -0.396 e. The second-order valence-corrected chi connectivity index (χ2v) is 4.23. The minimum absolute atomic E-state index is 0.0164. The molecule has 0 spiro atoms. The van der Waals surface area contributed by atoms with Crippen molar-refractivity contribution in [3.8, 4) is 0 Å². The predicted molar refractivity (Wildman–Crippen MR) is 60.4 cm³/mol. The highest BCUT2D eigenvalue weighted by atomic mass is 16.1. The van der Waals surface area contributed by atoms with Crippen LogP contribution in [0.3, 0.4) is 0 Å². The summed E-state index contributed by atoms with van der Waals surface area (Å²) >= 11 is 0. The Bertz CT molecular complexity index is 375. The van der Waals surface area contributed by atoms with E-state index < -0.39 is 0 Å². The smallest absolute Gasteiger partial charge is 0.221 e. The molecule has 88 valence electrons. The molecule has 1 aromatic rings. The number of anilines is 1. The van der Waals surface area contributed by atoms with Crippen LogP contribution in [0.25, 0.3) is 0 Å². The van der Waals surface area contributed by atoms with Gasteiger partial charge in [-0.1, -0.05) is 0 Å². The Kier molecular flexibility index (Phi) is 3.09. The lowest BCUT2D eigenvalue weighted by molar-refractivity contribution is -0.121. The van der Waals surface area contributed by atoms with Crippen LogP contribution < -0.4 is 11.5 Å². The van der Waals surface area contributed by atoms with Gasteiger partial charge in [-0.05, 0) is 13.0 Å². The first kappa shape index (κ1) is 10.9. The van der Waals surface area contributed by atoms with Gasteiger partial charge in [0.1, 0.15) is 0 Å². The van der Waals surface area contributed by atoms with Gasteiger partial charge in [0.25, 0.3) is 0 Å². The molecule has 1 aromatic heterocycles. The molecule has 6 heteroatoms. The number of hydrogen-bond acceptors (Lipinski definition) is 4. The van der Waals surface area contributed by atoms with E-state index in [9.17, 15) is 4.79 Å². The number of nitrogen functional groups attached to an aromatic ring is 1. The minimum atomic E-state index is -0.189. The van der Waals surface area contributed by atoms with E-state index in [1.807, 2.05) is 10.9 Å². The number of nitrogens with zero attached hydrogens (tertiary/aromatic N) is 3. The molecule has 1 amide bonds. The monoisotopic (exact) mass is 223 g/mol. The van der Waals surface area contributed by atoms with Crippen LogP contribution in [0.1, 0.15) is 6.42 Å². The van der Waals surface area contributed by atoms with Gasteiger partial charge in [-0.15, -0.1) is 0 Å². The molecule has 1 saturated heterocycles. The maximum absolute atomic E-state index is 11.0. The average Bonchev–Trinajstić information content (AvgIpc) is 2.83. The van der Waals surface area contributed by atoms with Gasteiger partial charge in [-0.2, -0.15) is 5.10 Å². The van der Waals surface area contributed by atoms with Gasteiger partial charge in [0.05, 0.1) is 24.3 Å². The molecule has 0 saturated carbocycles. The van der Waals surface area contributed by atoms with Crippen LogP contribution in [0, 0.1) is 5.92 Å². The normalized spacial score (nSPS) is 21.4. The molecular weight excluding hydrogens is 206 g/mol. The van der Waals surface area contributed by atoms with Crippen LogP contribution in [0.2, 0.25) is 0 Å². The van der Waals surface area contributed by atoms with Gasteiger partial charge < -0.3 is 16.4 Å². The molecule has 0 aromatic carbocycles. The average molecular weight is 223 g/mol. The largest absolute Gasteiger partial charge is 0.396 e. The molecular formula is C10H17N5O. The highest BCUT2D eigenvalue weighted by Gasteiger charge is 2.25. The van der Waals surface area contributed by atoms with Crippen LogP contribution >= 0.6 is 0 Å². The number of nitrogens with two attached hydrogens (primary N) is 2. The molecule has 2 heterocycles. The van der Waals surface area contributed by atoms with Crippen LogP contribution in [-0.4, -0.2) is 40.2 Å². The zero-order valence-corrected chi connectivity index (χ0v) is 9.17. The molecule has 0 bridgehead atoms. The summed E-state index contributed by atoms with van der Waals surface area (Å²) in [5.74, 6) is -0.173. The SMILES string of the molecule is NC(=O)C1CCN(CCn2cc(N)cn2)C1. The number of amides is 1.